The zero-order valence-corrected chi connectivity index (χ0v) is 9.40. The van der Waals surface area contributed by atoms with E-state index in [1.807, 2.05) is 0 Å². The van der Waals surface area contributed by atoms with E-state index in [9.17, 15) is 10.1 Å². The van der Waals surface area contributed by atoms with Crippen LogP contribution in [0.3, 0.4) is 0 Å². The number of ether oxygens (including phenoxy) is 1. The van der Waals surface area contributed by atoms with Crippen LogP contribution in [0.2, 0.25) is 5.02 Å². The highest BCUT2D eigenvalue weighted by atomic mass is 35.5. The second-order valence-electron chi connectivity index (χ2n) is 2.89. The van der Waals surface area contributed by atoms with Crippen LogP contribution in [0.25, 0.3) is 5.76 Å². The summed E-state index contributed by atoms with van der Waals surface area (Å²) in [5.74, 6) is 0.495. The molecule has 1 aromatic rings. The van der Waals surface area contributed by atoms with Gasteiger partial charge < -0.3 is 4.74 Å². The average Bonchev–Trinajstić information content (AvgIpc) is 2.26. The molecule has 0 atom stereocenters. The van der Waals surface area contributed by atoms with Crippen molar-refractivity contribution in [3.8, 4) is 0 Å². The molecule has 0 saturated carbocycles. The second-order valence-corrected chi connectivity index (χ2v) is 3.30. The summed E-state index contributed by atoms with van der Waals surface area (Å²) >= 11 is 5.69. The maximum absolute atomic E-state index is 10.7. The molecule has 0 heterocycles. The Bertz CT molecular complexity index is 455. The van der Waals surface area contributed by atoms with E-state index in [0.29, 0.717) is 11.3 Å². The second kappa shape index (κ2) is 5.32. The molecular formula is C11H10ClNO3. The van der Waals surface area contributed by atoms with E-state index in [1.54, 1.807) is 18.2 Å². The zero-order valence-electron chi connectivity index (χ0n) is 8.64. The maximum atomic E-state index is 10.7. The van der Waals surface area contributed by atoms with Gasteiger partial charge in [0.15, 0.2) is 0 Å². The summed E-state index contributed by atoms with van der Waals surface area (Å²) in [7, 11) is 1.48. The number of hydrogen-bond acceptors (Lipinski definition) is 3. The molecule has 0 spiro atoms. The SMILES string of the molecule is C=C/C=C(\OC)c1ccc(Cl)c([N+](=O)[O-])c1. The fourth-order valence-corrected chi connectivity index (χ4v) is 1.38. The lowest BCUT2D eigenvalue weighted by Gasteiger charge is -2.05. The Morgan fingerprint density at radius 2 is 2.31 bits per heavy atom. The smallest absolute Gasteiger partial charge is 0.288 e. The Kier molecular flexibility index (Phi) is 4.08. The van der Waals surface area contributed by atoms with Gasteiger partial charge in [-0.2, -0.15) is 0 Å². The number of benzene rings is 1. The van der Waals surface area contributed by atoms with Gasteiger partial charge in [-0.05, 0) is 18.2 Å². The Hall–Kier alpha value is -1.81. The third kappa shape index (κ3) is 2.61. The van der Waals surface area contributed by atoms with Crippen molar-refractivity contribution < 1.29 is 9.66 Å². The molecule has 0 aliphatic heterocycles. The highest BCUT2D eigenvalue weighted by Gasteiger charge is 2.14. The fraction of sp³-hybridized carbons (Fsp3) is 0.0909. The Morgan fingerprint density at radius 3 is 2.81 bits per heavy atom. The quantitative estimate of drug-likeness (QED) is 0.350. The summed E-state index contributed by atoms with van der Waals surface area (Å²) in [5, 5.41) is 10.8. The van der Waals surface area contributed by atoms with Gasteiger partial charge >= 0.3 is 0 Å². The van der Waals surface area contributed by atoms with E-state index in [4.69, 9.17) is 16.3 Å². The maximum Gasteiger partial charge on any atom is 0.288 e. The van der Waals surface area contributed by atoms with Crippen molar-refractivity contribution in [1.29, 1.82) is 0 Å². The Morgan fingerprint density at radius 1 is 1.62 bits per heavy atom. The lowest BCUT2D eigenvalue weighted by atomic mass is 10.1. The summed E-state index contributed by atoms with van der Waals surface area (Å²) in [6, 6.07) is 4.47. The van der Waals surface area contributed by atoms with Gasteiger partial charge in [0, 0.05) is 11.6 Å². The van der Waals surface area contributed by atoms with Crippen LogP contribution in [-0.4, -0.2) is 12.0 Å². The van der Waals surface area contributed by atoms with Gasteiger partial charge in [-0.3, -0.25) is 10.1 Å². The molecule has 0 aliphatic rings. The van der Waals surface area contributed by atoms with Crippen LogP contribution >= 0.6 is 11.6 Å². The minimum absolute atomic E-state index is 0.0998. The monoisotopic (exact) mass is 239 g/mol. The fourth-order valence-electron chi connectivity index (χ4n) is 1.20. The highest BCUT2D eigenvalue weighted by molar-refractivity contribution is 6.32. The number of methoxy groups -OCH3 is 1. The van der Waals surface area contributed by atoms with Gasteiger partial charge in [0.25, 0.3) is 5.69 Å². The lowest BCUT2D eigenvalue weighted by Crippen LogP contribution is -1.93. The van der Waals surface area contributed by atoms with E-state index in [0.717, 1.165) is 0 Å². The standard InChI is InChI=1S/C11H10ClNO3/c1-3-4-11(16-2)8-5-6-9(12)10(7-8)13(14)15/h3-7H,1H2,2H3/b11-4-. The molecule has 0 radical (unpaired) electrons. The molecule has 0 aliphatic carbocycles. The van der Waals surface area contributed by atoms with Crippen molar-refractivity contribution in [2.24, 2.45) is 0 Å². The van der Waals surface area contributed by atoms with E-state index in [-0.39, 0.29) is 10.7 Å². The molecule has 0 fully saturated rings. The molecule has 16 heavy (non-hydrogen) atoms. The van der Waals surface area contributed by atoms with Crippen molar-refractivity contribution in [3.63, 3.8) is 0 Å². The predicted octanol–water partition coefficient (Wildman–Crippen LogP) is 3.42. The minimum atomic E-state index is -0.535. The molecule has 0 saturated heterocycles. The summed E-state index contributed by atoms with van der Waals surface area (Å²) in [5.41, 5.74) is 0.435. The minimum Gasteiger partial charge on any atom is -0.496 e. The predicted molar refractivity (Wildman–Crippen MR) is 63.3 cm³/mol. The number of allylic oxidation sites excluding steroid dienone is 2. The van der Waals surface area contributed by atoms with E-state index >= 15 is 0 Å². The van der Waals surface area contributed by atoms with Crippen molar-refractivity contribution in [2.75, 3.05) is 7.11 Å². The number of nitro benzene ring substituents is 1. The van der Waals surface area contributed by atoms with Gasteiger partial charge in [-0.25, -0.2) is 0 Å². The van der Waals surface area contributed by atoms with E-state index < -0.39 is 4.92 Å². The molecule has 0 N–H and O–H groups in total. The van der Waals surface area contributed by atoms with Gasteiger partial charge in [-0.1, -0.05) is 24.3 Å². The summed E-state index contributed by atoms with van der Waals surface area (Å²) < 4.78 is 5.08. The molecule has 5 heteroatoms. The number of nitro groups is 1. The summed E-state index contributed by atoms with van der Waals surface area (Å²) in [6.07, 6.45) is 3.16. The van der Waals surface area contributed by atoms with Crippen LogP contribution in [0.4, 0.5) is 5.69 Å². The van der Waals surface area contributed by atoms with Crippen LogP contribution < -0.4 is 0 Å². The normalized spacial score (nSPS) is 11.0. The van der Waals surface area contributed by atoms with Crippen molar-refractivity contribution in [3.05, 3.63) is 57.6 Å². The van der Waals surface area contributed by atoms with Crippen LogP contribution in [0.15, 0.2) is 36.9 Å². The highest BCUT2D eigenvalue weighted by Crippen LogP contribution is 2.28. The van der Waals surface area contributed by atoms with Gasteiger partial charge in [0.2, 0.25) is 0 Å². The van der Waals surface area contributed by atoms with E-state index in [2.05, 4.69) is 6.58 Å². The first-order valence-corrected chi connectivity index (χ1v) is 4.79. The number of nitrogens with zero attached hydrogens (tertiary/aromatic N) is 1. The molecule has 0 bridgehead atoms. The molecular weight excluding hydrogens is 230 g/mol. The van der Waals surface area contributed by atoms with Crippen LogP contribution in [0.1, 0.15) is 5.56 Å². The lowest BCUT2D eigenvalue weighted by molar-refractivity contribution is -0.384. The summed E-state index contributed by atoms with van der Waals surface area (Å²) in [4.78, 5) is 10.1. The van der Waals surface area contributed by atoms with Gasteiger partial charge in [0.1, 0.15) is 10.8 Å². The number of halogens is 1. The van der Waals surface area contributed by atoms with Crippen molar-refractivity contribution in [1.82, 2.24) is 0 Å². The molecule has 1 aromatic carbocycles. The van der Waals surface area contributed by atoms with Crippen molar-refractivity contribution >= 4 is 23.0 Å². The van der Waals surface area contributed by atoms with E-state index in [1.165, 1.54) is 19.2 Å². The molecule has 4 nitrogen and oxygen atoms in total. The third-order valence-electron chi connectivity index (χ3n) is 1.92. The van der Waals surface area contributed by atoms with Gasteiger partial charge in [-0.15, -0.1) is 0 Å². The number of rotatable bonds is 4. The third-order valence-corrected chi connectivity index (χ3v) is 2.24. The molecule has 0 unspecified atom stereocenters. The topological polar surface area (TPSA) is 52.4 Å². The molecule has 0 amide bonds. The zero-order chi connectivity index (χ0) is 12.1. The molecule has 84 valence electrons. The first-order chi connectivity index (χ1) is 7.60. The summed E-state index contributed by atoms with van der Waals surface area (Å²) in [6.45, 7) is 3.53. The largest absolute Gasteiger partial charge is 0.496 e. The first-order valence-electron chi connectivity index (χ1n) is 4.41. The van der Waals surface area contributed by atoms with Crippen LogP contribution in [0.5, 0.6) is 0 Å². The van der Waals surface area contributed by atoms with Crippen LogP contribution in [0, 0.1) is 10.1 Å². The molecule has 0 aromatic heterocycles. The first kappa shape index (κ1) is 12.3. The Balaban J connectivity index is 3.26. The molecule has 1 rings (SSSR count). The average molecular weight is 240 g/mol. The van der Waals surface area contributed by atoms with Gasteiger partial charge in [0.05, 0.1) is 12.0 Å². The number of hydrogen-bond donors (Lipinski definition) is 0. The van der Waals surface area contributed by atoms with Crippen LogP contribution in [-0.2, 0) is 4.74 Å². The Labute approximate surface area is 97.9 Å². The van der Waals surface area contributed by atoms with Crippen molar-refractivity contribution in [2.45, 2.75) is 0 Å².